The van der Waals surface area contributed by atoms with Crippen molar-refractivity contribution in [2.45, 2.75) is 10.7 Å². The van der Waals surface area contributed by atoms with Crippen LogP contribution in [0.5, 0.6) is 0 Å². The first-order valence-electron chi connectivity index (χ1n) is 10.8. The van der Waals surface area contributed by atoms with E-state index in [9.17, 15) is 14.4 Å². The molecule has 4 amide bonds. The van der Waals surface area contributed by atoms with E-state index in [2.05, 4.69) is 25.9 Å². The fraction of sp³-hybridized carbons (Fsp3) is 0.0800. The first-order valence-corrected chi connectivity index (χ1v) is 11.7. The minimum absolute atomic E-state index is 0.0905. The number of nitrogens with one attached hydrogen (secondary N) is 3. The number of carbonyl (C=O) groups is 3. The monoisotopic (exact) mass is 484 g/mol. The molecule has 0 radical (unpaired) electrons. The quantitative estimate of drug-likeness (QED) is 0.274. The maximum Gasteiger partial charge on any atom is 0.344 e. The summed E-state index contributed by atoms with van der Waals surface area (Å²) in [5, 5.41) is 10.8. The van der Waals surface area contributed by atoms with Crippen LogP contribution in [0.3, 0.4) is 0 Å². The van der Waals surface area contributed by atoms with Crippen LogP contribution in [0.25, 0.3) is 11.4 Å². The zero-order valence-corrected chi connectivity index (χ0v) is 19.2. The number of imide groups is 1. The molecule has 0 bridgehead atoms. The first kappa shape index (κ1) is 22.4. The largest absolute Gasteiger partial charge is 0.344 e. The maximum absolute atomic E-state index is 13.6. The second-order valence-electron chi connectivity index (χ2n) is 7.71. The molecule has 0 spiro atoms. The van der Waals surface area contributed by atoms with Crippen molar-refractivity contribution in [2.24, 2.45) is 0 Å². The molecule has 2 heterocycles. The Balaban J connectivity index is 1.31. The van der Waals surface area contributed by atoms with Gasteiger partial charge in [0.2, 0.25) is 11.1 Å². The van der Waals surface area contributed by atoms with Crippen molar-refractivity contribution >= 4 is 29.6 Å². The number of rotatable bonds is 7. The summed E-state index contributed by atoms with van der Waals surface area (Å²) in [6, 6.07) is 26.6. The van der Waals surface area contributed by atoms with Gasteiger partial charge in [0, 0.05) is 5.56 Å². The highest BCUT2D eigenvalue weighted by molar-refractivity contribution is 7.99. The Morgan fingerprint density at radius 2 is 1.46 bits per heavy atom. The molecule has 1 aromatic heterocycles. The van der Waals surface area contributed by atoms with Crippen LogP contribution < -0.4 is 10.7 Å². The third kappa shape index (κ3) is 4.26. The molecule has 0 saturated carbocycles. The summed E-state index contributed by atoms with van der Waals surface area (Å²) in [6.45, 7) is 0. The zero-order valence-electron chi connectivity index (χ0n) is 18.3. The number of nitrogens with zero attached hydrogens (tertiary/aromatic N) is 3. The lowest BCUT2D eigenvalue weighted by Gasteiger charge is -2.27. The molecule has 3 aromatic carbocycles. The van der Waals surface area contributed by atoms with Gasteiger partial charge in [-0.05, 0) is 11.1 Å². The number of benzene rings is 3. The zero-order chi connectivity index (χ0) is 24.3. The standard InChI is InChI=1S/C25H20N6O3S/c32-20(16-35-23-26-21(28-29-23)17-10-4-1-5-11-17)30-31-22(33)25(27-24(31)34,18-12-6-2-7-13-18)19-14-8-3-9-15-19/h1-15H,16H2,(H,27,34)(H,30,32)(H,26,28,29). The van der Waals surface area contributed by atoms with Gasteiger partial charge >= 0.3 is 6.03 Å². The average Bonchev–Trinajstić information content (AvgIpc) is 3.48. The molecule has 174 valence electrons. The van der Waals surface area contributed by atoms with E-state index >= 15 is 0 Å². The van der Waals surface area contributed by atoms with Gasteiger partial charge in [-0.15, -0.1) is 5.10 Å². The van der Waals surface area contributed by atoms with Crippen molar-refractivity contribution in [1.29, 1.82) is 0 Å². The summed E-state index contributed by atoms with van der Waals surface area (Å²) >= 11 is 1.09. The summed E-state index contributed by atoms with van der Waals surface area (Å²) in [6.07, 6.45) is 0. The van der Waals surface area contributed by atoms with Gasteiger partial charge < -0.3 is 5.32 Å². The first-order chi connectivity index (χ1) is 17.1. The van der Waals surface area contributed by atoms with Gasteiger partial charge in [0.05, 0.1) is 5.75 Å². The van der Waals surface area contributed by atoms with Crippen LogP contribution in [-0.4, -0.2) is 43.8 Å². The molecule has 1 aliphatic heterocycles. The topological polar surface area (TPSA) is 120 Å². The molecule has 0 unspecified atom stereocenters. The van der Waals surface area contributed by atoms with E-state index in [1.807, 2.05) is 42.5 Å². The molecule has 5 rings (SSSR count). The third-order valence-corrected chi connectivity index (χ3v) is 6.36. The summed E-state index contributed by atoms with van der Waals surface area (Å²) in [5.74, 6) is -0.644. The third-order valence-electron chi connectivity index (χ3n) is 5.52. The number of thioether (sulfide) groups is 1. The Hall–Kier alpha value is -4.44. The number of urea groups is 1. The average molecular weight is 485 g/mol. The van der Waals surface area contributed by atoms with Crippen LogP contribution in [0.4, 0.5) is 4.79 Å². The summed E-state index contributed by atoms with van der Waals surface area (Å²) in [7, 11) is 0. The normalized spacial score (nSPS) is 14.6. The lowest BCUT2D eigenvalue weighted by Crippen LogP contribution is -2.49. The Morgan fingerprint density at radius 3 is 2.06 bits per heavy atom. The number of aromatic nitrogens is 3. The van der Waals surface area contributed by atoms with Gasteiger partial charge in [-0.3, -0.25) is 20.1 Å². The van der Waals surface area contributed by atoms with Crippen molar-refractivity contribution in [1.82, 2.24) is 30.9 Å². The summed E-state index contributed by atoms with van der Waals surface area (Å²) in [5.41, 5.74) is 3.02. The van der Waals surface area contributed by atoms with Crippen molar-refractivity contribution in [2.75, 3.05) is 5.75 Å². The predicted octanol–water partition coefficient (Wildman–Crippen LogP) is 3.09. The molecule has 1 fully saturated rings. The number of amides is 4. The van der Waals surface area contributed by atoms with Gasteiger partial charge in [0.1, 0.15) is 0 Å². The van der Waals surface area contributed by atoms with Crippen LogP contribution in [0.15, 0.2) is 96.2 Å². The van der Waals surface area contributed by atoms with Crippen LogP contribution in [0, 0.1) is 0 Å². The van der Waals surface area contributed by atoms with Crippen LogP contribution in [0.1, 0.15) is 11.1 Å². The molecule has 10 heteroatoms. The van der Waals surface area contributed by atoms with E-state index in [0.29, 0.717) is 22.1 Å². The van der Waals surface area contributed by atoms with Gasteiger partial charge in [-0.25, -0.2) is 9.78 Å². The van der Waals surface area contributed by atoms with Crippen molar-refractivity contribution < 1.29 is 14.4 Å². The van der Waals surface area contributed by atoms with E-state index in [4.69, 9.17) is 0 Å². The highest BCUT2D eigenvalue weighted by atomic mass is 32.2. The Bertz CT molecular complexity index is 1320. The fourth-order valence-electron chi connectivity index (χ4n) is 3.89. The Morgan fingerprint density at radius 1 is 0.886 bits per heavy atom. The molecule has 1 saturated heterocycles. The Labute approximate surface area is 204 Å². The molecular weight excluding hydrogens is 464 g/mol. The maximum atomic E-state index is 13.6. The molecule has 0 atom stereocenters. The number of aromatic amines is 1. The van der Waals surface area contributed by atoms with Crippen LogP contribution in [0.2, 0.25) is 0 Å². The molecule has 35 heavy (non-hydrogen) atoms. The van der Waals surface area contributed by atoms with Crippen molar-refractivity contribution in [3.8, 4) is 11.4 Å². The number of carbonyl (C=O) groups excluding carboxylic acids is 3. The molecule has 9 nitrogen and oxygen atoms in total. The van der Waals surface area contributed by atoms with E-state index in [0.717, 1.165) is 22.3 Å². The van der Waals surface area contributed by atoms with Gasteiger partial charge in [0.15, 0.2) is 11.4 Å². The fourth-order valence-corrected chi connectivity index (χ4v) is 4.48. The van der Waals surface area contributed by atoms with Gasteiger partial charge in [0.25, 0.3) is 5.91 Å². The minimum Gasteiger partial charge on any atom is -0.314 e. The highest BCUT2D eigenvalue weighted by Gasteiger charge is 2.54. The summed E-state index contributed by atoms with van der Waals surface area (Å²) < 4.78 is 0. The smallest absolute Gasteiger partial charge is 0.314 e. The predicted molar refractivity (Wildman–Crippen MR) is 130 cm³/mol. The lowest BCUT2D eigenvalue weighted by molar-refractivity contribution is -0.137. The van der Waals surface area contributed by atoms with Gasteiger partial charge in [-0.2, -0.15) is 5.01 Å². The van der Waals surface area contributed by atoms with Crippen LogP contribution >= 0.6 is 11.8 Å². The van der Waals surface area contributed by atoms with E-state index < -0.39 is 23.4 Å². The number of hydrazine groups is 1. The second-order valence-corrected chi connectivity index (χ2v) is 8.65. The second kappa shape index (κ2) is 9.43. The number of hydrogen-bond donors (Lipinski definition) is 3. The van der Waals surface area contributed by atoms with Crippen molar-refractivity contribution in [3.05, 3.63) is 102 Å². The lowest BCUT2D eigenvalue weighted by atomic mass is 9.83. The number of H-pyrrole nitrogens is 1. The van der Waals surface area contributed by atoms with Crippen LogP contribution in [-0.2, 0) is 15.1 Å². The minimum atomic E-state index is -1.45. The Kier molecular flexibility index (Phi) is 6.02. The molecule has 1 aliphatic rings. The molecule has 3 N–H and O–H groups in total. The van der Waals surface area contributed by atoms with Gasteiger partial charge in [-0.1, -0.05) is 103 Å². The number of hydrogen-bond acceptors (Lipinski definition) is 6. The molecule has 4 aromatic rings. The van der Waals surface area contributed by atoms with E-state index in [1.54, 1.807) is 48.5 Å². The van der Waals surface area contributed by atoms with E-state index in [1.165, 1.54) is 0 Å². The molecular formula is C25H20N6O3S. The van der Waals surface area contributed by atoms with E-state index in [-0.39, 0.29) is 5.75 Å². The highest BCUT2D eigenvalue weighted by Crippen LogP contribution is 2.35. The molecule has 0 aliphatic carbocycles. The summed E-state index contributed by atoms with van der Waals surface area (Å²) in [4.78, 5) is 43.5. The van der Waals surface area contributed by atoms with Crippen molar-refractivity contribution in [3.63, 3.8) is 0 Å². The SMILES string of the molecule is O=C(CSc1n[nH]c(-c2ccccc2)n1)NN1C(=O)NC(c2ccccc2)(c2ccccc2)C1=O.